The van der Waals surface area contributed by atoms with E-state index < -0.39 is 0 Å². The third kappa shape index (κ3) is 3.54. The van der Waals surface area contributed by atoms with Gasteiger partial charge >= 0.3 is 0 Å². The van der Waals surface area contributed by atoms with E-state index in [0.717, 1.165) is 17.1 Å². The van der Waals surface area contributed by atoms with E-state index in [1.807, 2.05) is 30.3 Å². The molecule has 0 radical (unpaired) electrons. The third-order valence-corrected chi connectivity index (χ3v) is 5.43. The zero-order valence-electron chi connectivity index (χ0n) is 12.8. The Morgan fingerprint density at radius 2 is 1.80 bits per heavy atom. The number of rotatable bonds is 3. The number of amidine groups is 1. The van der Waals surface area contributed by atoms with Crippen LogP contribution in [0.2, 0.25) is 10.0 Å². The number of thioether (sulfide) groups is 1. The number of hydrogen-bond acceptors (Lipinski definition) is 5. The van der Waals surface area contributed by atoms with Crippen LogP contribution in [-0.2, 0) is 0 Å². The molecule has 7 heteroatoms. The summed E-state index contributed by atoms with van der Waals surface area (Å²) in [6, 6.07) is 12.7. The van der Waals surface area contributed by atoms with Crippen molar-refractivity contribution in [2.45, 2.75) is 11.3 Å². The Morgan fingerprint density at radius 3 is 2.48 bits per heavy atom. The number of halogens is 2. The van der Waals surface area contributed by atoms with Gasteiger partial charge in [-0.15, -0.1) is 0 Å². The van der Waals surface area contributed by atoms with E-state index >= 15 is 0 Å². The minimum atomic E-state index is -0.181. The standard InChI is InChI=1S/C18H12Cl2N2O2S/c19-12-6-5-11(13(20)9-12)10-21-18-22-16(14-3-1-7-23-14)17(25-18)15-4-2-8-24-15/h1-10,16-17H/t16-,17-/m0/s1. The molecule has 3 aromatic rings. The quantitative estimate of drug-likeness (QED) is 0.501. The molecule has 4 nitrogen and oxygen atoms in total. The molecule has 0 spiro atoms. The predicted molar refractivity (Wildman–Crippen MR) is 102 cm³/mol. The minimum Gasteiger partial charge on any atom is -0.468 e. The zero-order chi connectivity index (χ0) is 17.2. The van der Waals surface area contributed by atoms with Crippen LogP contribution < -0.4 is 0 Å². The molecule has 126 valence electrons. The van der Waals surface area contributed by atoms with E-state index in [-0.39, 0.29) is 11.3 Å². The normalized spacial score (nSPS) is 20.3. The molecule has 2 atom stereocenters. The van der Waals surface area contributed by atoms with Crippen LogP contribution in [0.15, 0.2) is 73.8 Å². The molecule has 0 N–H and O–H groups in total. The maximum atomic E-state index is 6.18. The van der Waals surface area contributed by atoms with Gasteiger partial charge in [-0.2, -0.15) is 0 Å². The first-order chi connectivity index (χ1) is 12.2. The summed E-state index contributed by atoms with van der Waals surface area (Å²) in [5.41, 5.74) is 0.783. The second-order valence-electron chi connectivity index (χ2n) is 5.35. The Hall–Kier alpha value is -1.95. The van der Waals surface area contributed by atoms with E-state index in [1.165, 1.54) is 11.8 Å². The van der Waals surface area contributed by atoms with Crippen LogP contribution in [0.1, 0.15) is 28.4 Å². The third-order valence-electron chi connectivity index (χ3n) is 3.70. The lowest BCUT2D eigenvalue weighted by molar-refractivity contribution is 0.432. The van der Waals surface area contributed by atoms with E-state index in [9.17, 15) is 0 Å². The van der Waals surface area contributed by atoms with Crippen molar-refractivity contribution in [3.05, 3.63) is 82.1 Å². The number of benzene rings is 1. The molecule has 1 aromatic carbocycles. The molecule has 1 aliphatic heterocycles. The lowest BCUT2D eigenvalue weighted by Gasteiger charge is -2.11. The molecule has 25 heavy (non-hydrogen) atoms. The van der Waals surface area contributed by atoms with Crippen molar-refractivity contribution < 1.29 is 8.83 Å². The molecular weight excluding hydrogens is 379 g/mol. The average Bonchev–Trinajstić information content (AvgIpc) is 3.34. The molecule has 0 unspecified atom stereocenters. The van der Waals surface area contributed by atoms with Gasteiger partial charge in [0.1, 0.15) is 22.8 Å². The summed E-state index contributed by atoms with van der Waals surface area (Å²) >= 11 is 13.6. The highest BCUT2D eigenvalue weighted by molar-refractivity contribution is 8.14. The summed E-state index contributed by atoms with van der Waals surface area (Å²) < 4.78 is 11.1. The summed E-state index contributed by atoms with van der Waals surface area (Å²) in [7, 11) is 0. The number of nitrogens with zero attached hydrogens (tertiary/aromatic N) is 2. The Morgan fingerprint density at radius 1 is 1.04 bits per heavy atom. The van der Waals surface area contributed by atoms with Crippen LogP contribution in [0.3, 0.4) is 0 Å². The lowest BCUT2D eigenvalue weighted by Crippen LogP contribution is -1.99. The van der Waals surface area contributed by atoms with Crippen LogP contribution >= 0.6 is 35.0 Å². The summed E-state index contributed by atoms with van der Waals surface area (Å²) in [6.45, 7) is 0. The highest BCUT2D eigenvalue weighted by atomic mass is 35.5. The van der Waals surface area contributed by atoms with Gasteiger partial charge in [0.15, 0.2) is 5.17 Å². The first-order valence-corrected chi connectivity index (χ1v) is 9.14. The largest absolute Gasteiger partial charge is 0.468 e. The van der Waals surface area contributed by atoms with Crippen molar-refractivity contribution in [1.82, 2.24) is 0 Å². The van der Waals surface area contributed by atoms with E-state index in [1.54, 1.807) is 30.9 Å². The van der Waals surface area contributed by atoms with Gasteiger partial charge in [0.25, 0.3) is 0 Å². The number of furan rings is 2. The van der Waals surface area contributed by atoms with Crippen molar-refractivity contribution in [3.63, 3.8) is 0 Å². The topological polar surface area (TPSA) is 51.0 Å². The highest BCUT2D eigenvalue weighted by Gasteiger charge is 2.36. The second kappa shape index (κ2) is 7.12. The van der Waals surface area contributed by atoms with Gasteiger partial charge in [-0.25, -0.2) is 9.98 Å². The monoisotopic (exact) mass is 390 g/mol. The summed E-state index contributed by atoms with van der Waals surface area (Å²) in [5, 5.41) is 1.76. The van der Waals surface area contributed by atoms with Crippen LogP contribution in [0.5, 0.6) is 0 Å². The predicted octanol–water partition coefficient (Wildman–Crippen LogP) is 6.18. The molecule has 2 aromatic heterocycles. The number of aliphatic imine (C=N–C) groups is 2. The van der Waals surface area contributed by atoms with E-state index in [0.29, 0.717) is 15.2 Å². The van der Waals surface area contributed by atoms with Crippen LogP contribution in [0.4, 0.5) is 0 Å². The highest BCUT2D eigenvalue weighted by Crippen LogP contribution is 2.48. The second-order valence-corrected chi connectivity index (χ2v) is 7.30. The summed E-state index contributed by atoms with van der Waals surface area (Å²) in [6.07, 6.45) is 4.99. The molecule has 3 heterocycles. The minimum absolute atomic E-state index is 0.0195. The molecule has 0 fully saturated rings. The maximum Gasteiger partial charge on any atom is 0.184 e. The summed E-state index contributed by atoms with van der Waals surface area (Å²) in [5.74, 6) is 1.62. The van der Waals surface area contributed by atoms with Gasteiger partial charge in [0.05, 0.1) is 17.5 Å². The van der Waals surface area contributed by atoms with Crippen molar-refractivity contribution >= 4 is 46.3 Å². The van der Waals surface area contributed by atoms with Gasteiger partial charge < -0.3 is 8.83 Å². The van der Waals surface area contributed by atoms with Gasteiger partial charge in [0.2, 0.25) is 0 Å². The van der Waals surface area contributed by atoms with Crippen molar-refractivity contribution in [2.24, 2.45) is 9.98 Å². The SMILES string of the molecule is Clc1ccc(C=NC2=N[C@@H](c3ccco3)[C@H](c3ccco3)S2)c(Cl)c1. The molecule has 0 saturated carbocycles. The molecule has 0 bridgehead atoms. The van der Waals surface area contributed by atoms with Crippen molar-refractivity contribution in [3.8, 4) is 0 Å². The maximum absolute atomic E-state index is 6.18. The Labute approximate surface area is 158 Å². The first-order valence-electron chi connectivity index (χ1n) is 7.51. The van der Waals surface area contributed by atoms with E-state index in [2.05, 4.69) is 9.98 Å². The van der Waals surface area contributed by atoms with Gasteiger partial charge in [-0.05, 0) is 36.4 Å². The van der Waals surface area contributed by atoms with E-state index in [4.69, 9.17) is 32.0 Å². The van der Waals surface area contributed by atoms with Crippen molar-refractivity contribution in [1.29, 1.82) is 0 Å². The van der Waals surface area contributed by atoms with Gasteiger partial charge in [-0.1, -0.05) is 41.0 Å². The van der Waals surface area contributed by atoms with Crippen LogP contribution in [-0.4, -0.2) is 11.4 Å². The van der Waals surface area contributed by atoms with Crippen LogP contribution in [0.25, 0.3) is 0 Å². The molecule has 0 saturated heterocycles. The summed E-state index contributed by atoms with van der Waals surface area (Å²) in [4.78, 5) is 9.17. The van der Waals surface area contributed by atoms with Gasteiger partial charge in [0, 0.05) is 16.8 Å². The molecule has 0 aliphatic carbocycles. The fourth-order valence-electron chi connectivity index (χ4n) is 2.53. The fraction of sp³-hybridized carbons (Fsp3) is 0.111. The molecule has 0 amide bonds. The lowest BCUT2D eigenvalue weighted by atomic mass is 10.1. The molecule has 1 aliphatic rings. The van der Waals surface area contributed by atoms with Gasteiger partial charge in [-0.3, -0.25) is 0 Å². The van der Waals surface area contributed by atoms with Crippen molar-refractivity contribution in [2.75, 3.05) is 0 Å². The Kier molecular flexibility index (Phi) is 4.70. The Bertz CT molecular complexity index is 921. The molecule has 4 rings (SSSR count). The average molecular weight is 391 g/mol. The molecular formula is C18H12Cl2N2O2S. The first kappa shape index (κ1) is 16.5. The Balaban J connectivity index is 1.61. The smallest absolute Gasteiger partial charge is 0.184 e. The zero-order valence-corrected chi connectivity index (χ0v) is 15.1. The fourth-order valence-corrected chi connectivity index (χ4v) is 4.08. The van der Waals surface area contributed by atoms with Crippen LogP contribution in [0, 0.1) is 0 Å². The number of hydrogen-bond donors (Lipinski definition) is 0.